The zero-order valence-electron chi connectivity index (χ0n) is 10.8. The first-order valence-electron chi connectivity index (χ1n) is 6.71. The second kappa shape index (κ2) is 5.57. The Balaban J connectivity index is 0.00000147. The van der Waals surface area contributed by atoms with E-state index in [1.54, 1.807) is 0 Å². The molecule has 1 nitrogen and oxygen atoms in total. The van der Waals surface area contributed by atoms with Crippen LogP contribution in [-0.2, 0) is 0 Å². The first-order chi connectivity index (χ1) is 9.42. The van der Waals surface area contributed by atoms with Crippen molar-refractivity contribution in [1.29, 1.82) is 0 Å². The molecule has 0 aromatic heterocycles. The molecule has 2 aromatic carbocycles. The Morgan fingerprint density at radius 1 is 0.789 bits per heavy atom. The molecule has 1 aliphatic rings. The topological polar surface area (TPSA) is 12.0 Å². The molecule has 0 unspecified atom stereocenters. The SMILES string of the molecule is C1=CC(Nc2ccc(-c3ccccc3)cc2)=CCC1.[HH]. The van der Waals surface area contributed by atoms with Crippen LogP contribution in [0.5, 0.6) is 0 Å². The fourth-order valence-electron chi connectivity index (χ4n) is 2.25. The van der Waals surface area contributed by atoms with E-state index in [2.05, 4.69) is 72.1 Å². The van der Waals surface area contributed by atoms with Gasteiger partial charge in [0, 0.05) is 12.8 Å². The van der Waals surface area contributed by atoms with E-state index in [0.717, 1.165) is 18.5 Å². The van der Waals surface area contributed by atoms with Crippen molar-refractivity contribution >= 4 is 5.69 Å². The van der Waals surface area contributed by atoms with Crippen molar-refractivity contribution in [2.45, 2.75) is 12.8 Å². The van der Waals surface area contributed by atoms with Gasteiger partial charge in [-0.25, -0.2) is 0 Å². The number of hydrogen-bond acceptors (Lipinski definition) is 1. The third kappa shape index (κ3) is 2.94. The van der Waals surface area contributed by atoms with Crippen molar-refractivity contribution in [3.05, 3.63) is 78.5 Å². The molecule has 0 spiro atoms. The molecule has 0 aliphatic heterocycles. The normalized spacial score (nSPS) is 14.0. The van der Waals surface area contributed by atoms with Gasteiger partial charge in [-0.15, -0.1) is 0 Å². The molecule has 0 saturated carbocycles. The molecular formula is C18H19N. The summed E-state index contributed by atoms with van der Waals surface area (Å²) in [6, 6.07) is 19.0. The van der Waals surface area contributed by atoms with E-state index in [9.17, 15) is 0 Å². The Kier molecular flexibility index (Phi) is 3.46. The molecular weight excluding hydrogens is 230 g/mol. The highest BCUT2D eigenvalue weighted by Gasteiger charge is 2.00. The van der Waals surface area contributed by atoms with Crippen LogP contribution < -0.4 is 5.32 Å². The molecule has 0 atom stereocenters. The summed E-state index contributed by atoms with van der Waals surface area (Å²) in [7, 11) is 0. The molecule has 19 heavy (non-hydrogen) atoms. The predicted octanol–water partition coefficient (Wildman–Crippen LogP) is 5.25. The fraction of sp³-hybridized carbons (Fsp3) is 0.111. The lowest BCUT2D eigenvalue weighted by Crippen LogP contribution is -1.98. The largest absolute Gasteiger partial charge is 0.356 e. The van der Waals surface area contributed by atoms with Crippen molar-refractivity contribution in [1.82, 2.24) is 0 Å². The van der Waals surface area contributed by atoms with Gasteiger partial charge in [0.15, 0.2) is 0 Å². The predicted molar refractivity (Wildman–Crippen MR) is 84.1 cm³/mol. The lowest BCUT2D eigenvalue weighted by molar-refractivity contribution is 1.02. The monoisotopic (exact) mass is 249 g/mol. The Labute approximate surface area is 115 Å². The van der Waals surface area contributed by atoms with Gasteiger partial charge >= 0.3 is 0 Å². The van der Waals surface area contributed by atoms with Gasteiger partial charge in [0.25, 0.3) is 0 Å². The zero-order chi connectivity index (χ0) is 12.9. The molecule has 0 saturated heterocycles. The van der Waals surface area contributed by atoms with Gasteiger partial charge in [0.1, 0.15) is 0 Å². The van der Waals surface area contributed by atoms with Gasteiger partial charge < -0.3 is 5.32 Å². The quantitative estimate of drug-likeness (QED) is 0.783. The van der Waals surface area contributed by atoms with Crippen LogP contribution >= 0.6 is 0 Å². The van der Waals surface area contributed by atoms with Gasteiger partial charge in [-0.1, -0.05) is 54.6 Å². The maximum atomic E-state index is 3.43. The number of anilines is 1. The Morgan fingerprint density at radius 2 is 1.53 bits per heavy atom. The van der Waals surface area contributed by atoms with Crippen molar-refractivity contribution in [3.63, 3.8) is 0 Å². The molecule has 2 aromatic rings. The molecule has 3 rings (SSSR count). The molecule has 1 aliphatic carbocycles. The Bertz CT molecular complexity index is 597. The summed E-state index contributed by atoms with van der Waals surface area (Å²) in [4.78, 5) is 0. The van der Waals surface area contributed by atoms with Gasteiger partial charge in [0.2, 0.25) is 0 Å². The van der Waals surface area contributed by atoms with E-state index >= 15 is 0 Å². The Morgan fingerprint density at radius 3 is 2.21 bits per heavy atom. The minimum Gasteiger partial charge on any atom is -0.356 e. The third-order valence-corrected chi connectivity index (χ3v) is 3.28. The number of rotatable bonds is 3. The summed E-state index contributed by atoms with van der Waals surface area (Å²) < 4.78 is 0. The second-order valence-electron chi connectivity index (χ2n) is 4.71. The van der Waals surface area contributed by atoms with Crippen molar-refractivity contribution < 1.29 is 1.43 Å². The molecule has 0 fully saturated rings. The highest BCUT2D eigenvalue weighted by atomic mass is 14.9. The molecule has 0 amide bonds. The first-order valence-corrected chi connectivity index (χ1v) is 6.71. The lowest BCUT2D eigenvalue weighted by Gasteiger charge is -2.11. The van der Waals surface area contributed by atoms with E-state index in [1.165, 1.54) is 16.8 Å². The number of allylic oxidation sites excluding steroid dienone is 3. The Hall–Kier alpha value is -2.28. The molecule has 96 valence electrons. The molecule has 1 heteroatoms. The highest BCUT2D eigenvalue weighted by Crippen LogP contribution is 2.22. The van der Waals surface area contributed by atoms with E-state index in [0.29, 0.717) is 0 Å². The van der Waals surface area contributed by atoms with Crippen LogP contribution in [0.15, 0.2) is 78.5 Å². The smallest absolute Gasteiger partial charge is 0.0384 e. The summed E-state index contributed by atoms with van der Waals surface area (Å²) in [5, 5.41) is 3.43. The van der Waals surface area contributed by atoms with Gasteiger partial charge in [-0.05, 0) is 42.2 Å². The summed E-state index contributed by atoms with van der Waals surface area (Å²) in [6.45, 7) is 0. The van der Waals surface area contributed by atoms with E-state index in [4.69, 9.17) is 0 Å². The summed E-state index contributed by atoms with van der Waals surface area (Å²) in [5.41, 5.74) is 4.83. The average Bonchev–Trinajstić information content (AvgIpc) is 2.50. The second-order valence-corrected chi connectivity index (χ2v) is 4.71. The lowest BCUT2D eigenvalue weighted by atomic mass is 10.1. The standard InChI is InChI=1S/C18H17N.H2/c1-3-7-15(8-4-1)16-11-13-18(14-12-16)19-17-9-5-2-6-10-17;/h1,3-5,7-14,19H,2,6H2;1H. The van der Waals surface area contributed by atoms with Gasteiger partial charge in [-0.2, -0.15) is 0 Å². The average molecular weight is 249 g/mol. The zero-order valence-corrected chi connectivity index (χ0v) is 10.8. The van der Waals surface area contributed by atoms with E-state index in [1.807, 2.05) is 6.07 Å². The van der Waals surface area contributed by atoms with E-state index in [-0.39, 0.29) is 1.43 Å². The van der Waals surface area contributed by atoms with Crippen LogP contribution in [0.25, 0.3) is 11.1 Å². The van der Waals surface area contributed by atoms with Crippen molar-refractivity contribution in [2.75, 3.05) is 5.32 Å². The van der Waals surface area contributed by atoms with E-state index < -0.39 is 0 Å². The van der Waals surface area contributed by atoms with Crippen LogP contribution in [0.2, 0.25) is 0 Å². The number of hydrogen-bond donors (Lipinski definition) is 1. The molecule has 0 radical (unpaired) electrons. The van der Waals surface area contributed by atoms with Crippen molar-refractivity contribution in [3.8, 4) is 11.1 Å². The summed E-state index contributed by atoms with van der Waals surface area (Å²) >= 11 is 0. The molecule has 0 bridgehead atoms. The summed E-state index contributed by atoms with van der Waals surface area (Å²) in [6.07, 6.45) is 8.87. The van der Waals surface area contributed by atoms with Crippen LogP contribution in [0.4, 0.5) is 5.69 Å². The molecule has 1 N–H and O–H groups in total. The van der Waals surface area contributed by atoms with Gasteiger partial charge in [0.05, 0.1) is 0 Å². The van der Waals surface area contributed by atoms with Crippen LogP contribution in [-0.4, -0.2) is 0 Å². The first kappa shape index (κ1) is 11.8. The minimum atomic E-state index is 0. The van der Waals surface area contributed by atoms with Crippen molar-refractivity contribution in [2.24, 2.45) is 0 Å². The highest BCUT2D eigenvalue weighted by molar-refractivity contribution is 5.66. The minimum absolute atomic E-state index is 0. The van der Waals surface area contributed by atoms with Crippen LogP contribution in [0, 0.1) is 0 Å². The van der Waals surface area contributed by atoms with Gasteiger partial charge in [-0.3, -0.25) is 0 Å². The summed E-state index contributed by atoms with van der Waals surface area (Å²) in [5.74, 6) is 0. The van der Waals surface area contributed by atoms with Crippen LogP contribution in [0.3, 0.4) is 0 Å². The van der Waals surface area contributed by atoms with Crippen LogP contribution in [0.1, 0.15) is 14.3 Å². The fourth-order valence-corrected chi connectivity index (χ4v) is 2.25. The number of nitrogens with one attached hydrogen (secondary N) is 1. The molecule has 0 heterocycles. The number of benzene rings is 2. The third-order valence-electron chi connectivity index (χ3n) is 3.28. The maximum absolute atomic E-state index is 3.43. The maximum Gasteiger partial charge on any atom is 0.0384 e.